The molecule has 0 spiro atoms. The molecule has 0 saturated carbocycles. The quantitative estimate of drug-likeness (QED) is 0.822. The molecule has 8 nitrogen and oxygen atoms in total. The fraction of sp³-hybridized carbons (Fsp3) is 0.526. The molecule has 4 rings (SSSR count). The highest BCUT2D eigenvalue weighted by molar-refractivity contribution is 5.97. The van der Waals surface area contributed by atoms with Crippen molar-refractivity contribution in [1.29, 1.82) is 0 Å². The van der Waals surface area contributed by atoms with Crippen molar-refractivity contribution in [1.82, 2.24) is 25.1 Å². The molecule has 2 aliphatic rings. The summed E-state index contributed by atoms with van der Waals surface area (Å²) in [5.74, 6) is 0.00768. The number of hydrogen-bond donors (Lipinski definition) is 2. The molecule has 2 aliphatic heterocycles. The van der Waals surface area contributed by atoms with Gasteiger partial charge in [-0.25, -0.2) is 4.98 Å². The van der Waals surface area contributed by atoms with E-state index in [0.717, 1.165) is 30.5 Å². The van der Waals surface area contributed by atoms with E-state index in [-0.39, 0.29) is 24.0 Å². The Morgan fingerprint density at radius 1 is 1.37 bits per heavy atom. The second-order valence-corrected chi connectivity index (χ2v) is 7.60. The van der Waals surface area contributed by atoms with E-state index in [0.29, 0.717) is 24.6 Å². The van der Waals surface area contributed by atoms with Crippen LogP contribution in [0.25, 0.3) is 11.0 Å². The molecule has 2 saturated heterocycles. The molecule has 0 unspecified atom stereocenters. The largest absolute Gasteiger partial charge is 0.375 e. The lowest BCUT2D eigenvalue weighted by Crippen LogP contribution is -2.47. The molecule has 2 aromatic rings. The predicted molar refractivity (Wildman–Crippen MR) is 100 cm³/mol. The maximum absolute atomic E-state index is 12.6. The number of ether oxygens (including phenoxy) is 1. The number of aromatic nitrogens is 2. The Kier molecular flexibility index (Phi) is 4.84. The Bertz CT molecular complexity index is 849. The summed E-state index contributed by atoms with van der Waals surface area (Å²) in [6, 6.07) is 5.86. The van der Waals surface area contributed by atoms with E-state index >= 15 is 0 Å². The van der Waals surface area contributed by atoms with Gasteiger partial charge in [0.05, 0.1) is 36.5 Å². The molecule has 27 heavy (non-hydrogen) atoms. The molecular formula is C19H25N5O3. The van der Waals surface area contributed by atoms with Crippen LogP contribution < -0.4 is 5.32 Å². The van der Waals surface area contributed by atoms with E-state index in [1.54, 1.807) is 31.4 Å². The summed E-state index contributed by atoms with van der Waals surface area (Å²) in [6.45, 7) is 2.13. The zero-order chi connectivity index (χ0) is 19.0. The van der Waals surface area contributed by atoms with Gasteiger partial charge in [-0.1, -0.05) is 0 Å². The van der Waals surface area contributed by atoms with Crippen LogP contribution in [0.15, 0.2) is 24.5 Å². The zero-order valence-corrected chi connectivity index (χ0v) is 15.6. The highest BCUT2D eigenvalue weighted by atomic mass is 16.5. The van der Waals surface area contributed by atoms with Gasteiger partial charge in [-0.2, -0.15) is 0 Å². The van der Waals surface area contributed by atoms with Crippen molar-refractivity contribution in [2.24, 2.45) is 0 Å². The van der Waals surface area contributed by atoms with E-state index in [2.05, 4.69) is 20.2 Å². The van der Waals surface area contributed by atoms with Crippen molar-refractivity contribution in [3.05, 3.63) is 30.1 Å². The predicted octanol–water partition coefficient (Wildman–Crippen LogP) is 0.613. The molecule has 2 fully saturated rings. The molecule has 144 valence electrons. The van der Waals surface area contributed by atoms with Crippen molar-refractivity contribution in [2.45, 2.75) is 31.0 Å². The number of rotatable bonds is 4. The number of morpholine rings is 1. The number of amides is 2. The summed E-state index contributed by atoms with van der Waals surface area (Å²) in [7, 11) is 3.52. The first-order valence-corrected chi connectivity index (χ1v) is 9.29. The minimum Gasteiger partial charge on any atom is -0.375 e. The standard InChI is InChI=1S/C19H25N5O3/c1-23(2)18(25)7-15-9-24-8-13(6-14(24)10-27-15)22-19(26)12-3-4-16-17(5-12)21-11-20-16/h3-5,11,13-15H,6-10H2,1-2H3,(H,20,21)(H,22,26)/t13-,14-,15-/m0/s1. The van der Waals surface area contributed by atoms with Gasteiger partial charge in [0.25, 0.3) is 5.91 Å². The van der Waals surface area contributed by atoms with Gasteiger partial charge in [0.15, 0.2) is 0 Å². The monoisotopic (exact) mass is 371 g/mol. The minimum absolute atomic E-state index is 0.0726. The van der Waals surface area contributed by atoms with Gasteiger partial charge in [-0.05, 0) is 24.6 Å². The highest BCUT2D eigenvalue weighted by Gasteiger charge is 2.38. The summed E-state index contributed by atoms with van der Waals surface area (Å²) >= 11 is 0. The fourth-order valence-corrected chi connectivity index (χ4v) is 3.89. The topological polar surface area (TPSA) is 90.6 Å². The maximum atomic E-state index is 12.6. The molecule has 2 N–H and O–H groups in total. The molecule has 0 radical (unpaired) electrons. The second kappa shape index (κ2) is 7.28. The number of H-pyrrole nitrogens is 1. The minimum atomic E-state index is -0.0756. The number of hydrogen-bond acceptors (Lipinski definition) is 5. The normalized spacial score (nSPS) is 25.3. The molecule has 1 aromatic carbocycles. The summed E-state index contributed by atoms with van der Waals surface area (Å²) < 4.78 is 5.88. The van der Waals surface area contributed by atoms with Crippen molar-refractivity contribution >= 4 is 22.8 Å². The number of aromatic amines is 1. The Balaban J connectivity index is 1.34. The van der Waals surface area contributed by atoms with E-state index in [1.165, 1.54) is 0 Å². The molecular weight excluding hydrogens is 346 g/mol. The molecule has 0 aliphatic carbocycles. The van der Waals surface area contributed by atoms with Crippen LogP contribution in [0.4, 0.5) is 0 Å². The SMILES string of the molecule is CN(C)C(=O)C[C@H]1CN2C[C@@H](NC(=O)c3ccc4nc[nH]c4c3)C[C@H]2CO1. The zero-order valence-electron chi connectivity index (χ0n) is 15.6. The van der Waals surface area contributed by atoms with Gasteiger partial charge < -0.3 is 19.9 Å². The van der Waals surface area contributed by atoms with Crippen LogP contribution in [0.2, 0.25) is 0 Å². The van der Waals surface area contributed by atoms with Gasteiger partial charge >= 0.3 is 0 Å². The average molecular weight is 371 g/mol. The summed E-state index contributed by atoms with van der Waals surface area (Å²) in [5.41, 5.74) is 2.33. The lowest BCUT2D eigenvalue weighted by Gasteiger charge is -2.35. The molecule has 3 heterocycles. The second-order valence-electron chi connectivity index (χ2n) is 7.60. The van der Waals surface area contributed by atoms with Crippen molar-refractivity contribution in [2.75, 3.05) is 33.8 Å². The van der Waals surface area contributed by atoms with Crippen LogP contribution in [0.3, 0.4) is 0 Å². The first-order chi connectivity index (χ1) is 13.0. The number of fused-ring (bicyclic) bond motifs is 2. The third-order valence-electron chi connectivity index (χ3n) is 5.41. The third kappa shape index (κ3) is 3.81. The average Bonchev–Trinajstić information content (AvgIpc) is 3.26. The Labute approximate surface area is 157 Å². The van der Waals surface area contributed by atoms with Gasteiger partial charge in [0.1, 0.15) is 0 Å². The number of nitrogens with one attached hydrogen (secondary N) is 2. The number of nitrogens with zero attached hydrogens (tertiary/aromatic N) is 3. The molecule has 0 bridgehead atoms. The van der Waals surface area contributed by atoms with E-state index in [9.17, 15) is 9.59 Å². The van der Waals surface area contributed by atoms with Gasteiger partial charge in [-0.15, -0.1) is 0 Å². The van der Waals surface area contributed by atoms with Crippen LogP contribution in [0.5, 0.6) is 0 Å². The van der Waals surface area contributed by atoms with Crippen LogP contribution in [0.1, 0.15) is 23.2 Å². The lowest BCUT2D eigenvalue weighted by atomic mass is 10.1. The summed E-state index contributed by atoms with van der Waals surface area (Å²) in [4.78, 5) is 35.7. The third-order valence-corrected chi connectivity index (χ3v) is 5.41. The molecule has 2 amide bonds. The highest BCUT2D eigenvalue weighted by Crippen LogP contribution is 2.25. The van der Waals surface area contributed by atoms with Gasteiger partial charge in [-0.3, -0.25) is 14.5 Å². The summed E-state index contributed by atoms with van der Waals surface area (Å²) in [5, 5.41) is 3.14. The smallest absolute Gasteiger partial charge is 0.251 e. The molecule has 1 aromatic heterocycles. The Hall–Kier alpha value is -2.45. The number of carbonyl (C=O) groups excluding carboxylic acids is 2. The Morgan fingerprint density at radius 3 is 3.04 bits per heavy atom. The van der Waals surface area contributed by atoms with Crippen molar-refractivity contribution < 1.29 is 14.3 Å². The van der Waals surface area contributed by atoms with Crippen LogP contribution in [-0.2, 0) is 9.53 Å². The van der Waals surface area contributed by atoms with Crippen molar-refractivity contribution in [3.63, 3.8) is 0 Å². The fourth-order valence-electron chi connectivity index (χ4n) is 3.89. The number of imidazole rings is 1. The van der Waals surface area contributed by atoms with Crippen molar-refractivity contribution in [3.8, 4) is 0 Å². The van der Waals surface area contributed by atoms with E-state index in [1.807, 2.05) is 12.1 Å². The van der Waals surface area contributed by atoms with Gasteiger partial charge in [0.2, 0.25) is 5.91 Å². The molecule has 8 heteroatoms. The van der Waals surface area contributed by atoms with Crippen LogP contribution in [-0.4, -0.2) is 83.6 Å². The molecule has 3 atom stereocenters. The van der Waals surface area contributed by atoms with Crippen LogP contribution in [0, 0.1) is 0 Å². The Morgan fingerprint density at radius 2 is 2.22 bits per heavy atom. The first kappa shape index (κ1) is 17.9. The maximum Gasteiger partial charge on any atom is 0.251 e. The van der Waals surface area contributed by atoms with Crippen LogP contribution >= 0.6 is 0 Å². The van der Waals surface area contributed by atoms with E-state index < -0.39 is 0 Å². The van der Waals surface area contributed by atoms with Gasteiger partial charge in [0, 0.05) is 44.8 Å². The van der Waals surface area contributed by atoms with E-state index in [4.69, 9.17) is 4.74 Å². The number of carbonyl (C=O) groups is 2. The summed E-state index contributed by atoms with van der Waals surface area (Å²) in [6.07, 6.45) is 2.82. The number of benzene rings is 1. The lowest BCUT2D eigenvalue weighted by molar-refractivity contribution is -0.134. The first-order valence-electron chi connectivity index (χ1n) is 9.29.